The van der Waals surface area contributed by atoms with Gasteiger partial charge in [0, 0.05) is 62.1 Å². The van der Waals surface area contributed by atoms with Gasteiger partial charge in [0.25, 0.3) is 0 Å². The molecule has 1 aromatic carbocycles. The van der Waals surface area contributed by atoms with Gasteiger partial charge in [-0.05, 0) is 55.7 Å². The van der Waals surface area contributed by atoms with E-state index in [0.29, 0.717) is 72.5 Å². The molecular formula is C31H38FN7O5S2. The Bertz CT molecular complexity index is 1720. The molecule has 8 rings (SSSR count). The van der Waals surface area contributed by atoms with E-state index in [0.717, 1.165) is 19.3 Å². The van der Waals surface area contributed by atoms with Crippen LogP contribution in [0.15, 0.2) is 46.0 Å². The van der Waals surface area contributed by atoms with Gasteiger partial charge in [0.15, 0.2) is 10.8 Å². The van der Waals surface area contributed by atoms with Crippen molar-refractivity contribution in [3.63, 3.8) is 0 Å². The molecule has 6 aliphatic rings. The van der Waals surface area contributed by atoms with Gasteiger partial charge in [0.2, 0.25) is 10.0 Å². The largest absolute Gasteiger partial charge is 0.463 e. The van der Waals surface area contributed by atoms with E-state index in [9.17, 15) is 22.4 Å². The molecule has 3 saturated carbocycles. The summed E-state index contributed by atoms with van der Waals surface area (Å²) in [7, 11) is -3.26. The molecule has 2 saturated heterocycles. The highest BCUT2D eigenvalue weighted by Crippen LogP contribution is 2.70. The maximum Gasteiger partial charge on any atom is 0.338 e. The molecule has 15 heteroatoms. The van der Waals surface area contributed by atoms with Crippen molar-refractivity contribution < 1.29 is 27.1 Å². The molecule has 4 heterocycles. The molecule has 1 aromatic heterocycles. The normalized spacial score (nSPS) is 29.1. The fourth-order valence-electron chi connectivity index (χ4n) is 8.00. The number of halogens is 1. The fraction of sp³-hybridized carbons (Fsp3) is 0.548. The summed E-state index contributed by atoms with van der Waals surface area (Å²) in [5.41, 5.74) is 1.73. The van der Waals surface area contributed by atoms with E-state index < -0.39 is 22.0 Å². The van der Waals surface area contributed by atoms with Gasteiger partial charge < -0.3 is 19.9 Å². The Morgan fingerprint density at radius 2 is 2.02 bits per heavy atom. The number of fused-ring (bicyclic) bond motifs is 1. The molecule has 46 heavy (non-hydrogen) atoms. The number of rotatable bonds is 10. The van der Waals surface area contributed by atoms with E-state index >= 15 is 0 Å². The van der Waals surface area contributed by atoms with Gasteiger partial charge in [0.05, 0.1) is 24.5 Å². The van der Waals surface area contributed by atoms with Gasteiger partial charge in [-0.15, -0.1) is 11.3 Å². The van der Waals surface area contributed by atoms with Crippen LogP contribution in [0.4, 0.5) is 9.18 Å². The zero-order chi connectivity index (χ0) is 32.4. The number of benzene rings is 1. The molecular weight excluding hydrogens is 634 g/mol. The second-order valence-corrected chi connectivity index (χ2v) is 16.0. The number of carbonyl (C=O) groups excluding carboxylic acids is 2. The first-order valence-corrected chi connectivity index (χ1v) is 18.3. The number of amides is 2. The van der Waals surface area contributed by atoms with Crippen LogP contribution in [-0.4, -0.2) is 110 Å². The van der Waals surface area contributed by atoms with Crippen molar-refractivity contribution in [1.82, 2.24) is 29.7 Å². The van der Waals surface area contributed by atoms with Crippen LogP contribution in [0.5, 0.6) is 0 Å². The Balaban J connectivity index is 1.12. The fourth-order valence-corrected chi connectivity index (χ4v) is 9.15. The van der Waals surface area contributed by atoms with Crippen molar-refractivity contribution in [2.75, 3.05) is 52.1 Å². The summed E-state index contributed by atoms with van der Waals surface area (Å²) in [6.45, 7) is 6.81. The van der Waals surface area contributed by atoms with Crippen LogP contribution in [-0.2, 0) is 19.6 Å². The molecule has 3 aliphatic heterocycles. The van der Waals surface area contributed by atoms with Gasteiger partial charge in [0.1, 0.15) is 11.9 Å². The van der Waals surface area contributed by atoms with E-state index in [1.807, 2.05) is 15.2 Å². The van der Waals surface area contributed by atoms with E-state index in [1.54, 1.807) is 32.2 Å². The SMILES string of the molecule is CCOC(=O)C1=C(CN2CCN3C(=O)N(C45CC(CNS(C)(=O)=O)(C4)C5)C[C@@H]3C2)NC(c2nccs2)=N[C@H]1c1cccc(F)c1C. The second-order valence-electron chi connectivity index (χ2n) is 13.2. The highest BCUT2D eigenvalue weighted by molar-refractivity contribution is 7.88. The summed E-state index contributed by atoms with van der Waals surface area (Å²) < 4.78 is 46.2. The molecule has 0 unspecified atom stereocenters. The molecule has 2 bridgehead atoms. The van der Waals surface area contributed by atoms with Crippen LogP contribution in [0.1, 0.15) is 48.4 Å². The number of nitrogens with zero attached hydrogens (tertiary/aromatic N) is 5. The number of amidine groups is 1. The third kappa shape index (κ3) is 5.40. The summed E-state index contributed by atoms with van der Waals surface area (Å²) in [4.78, 5) is 42.7. The van der Waals surface area contributed by atoms with Crippen molar-refractivity contribution in [3.8, 4) is 0 Å². The molecule has 2 atom stereocenters. The molecule has 3 aliphatic carbocycles. The third-order valence-electron chi connectivity index (χ3n) is 10.1. The summed E-state index contributed by atoms with van der Waals surface area (Å²) in [5.74, 6) is -0.375. The number of carbonyl (C=O) groups is 2. The van der Waals surface area contributed by atoms with Gasteiger partial charge in [-0.3, -0.25) is 9.89 Å². The number of aromatic nitrogens is 1. The lowest BCUT2D eigenvalue weighted by atomic mass is 9.39. The minimum Gasteiger partial charge on any atom is -0.463 e. The summed E-state index contributed by atoms with van der Waals surface area (Å²) >= 11 is 1.42. The van der Waals surface area contributed by atoms with E-state index in [4.69, 9.17) is 9.73 Å². The van der Waals surface area contributed by atoms with Crippen molar-refractivity contribution in [3.05, 3.63) is 63.0 Å². The Hall–Kier alpha value is -3.40. The smallest absolute Gasteiger partial charge is 0.338 e. The number of piperazine rings is 1. The lowest BCUT2D eigenvalue weighted by molar-refractivity contribution is -0.194. The molecule has 5 fully saturated rings. The first kappa shape index (κ1) is 31.2. The molecule has 12 nitrogen and oxygen atoms in total. The maximum absolute atomic E-state index is 14.8. The number of aliphatic imine (C=N–C) groups is 1. The average molecular weight is 672 g/mol. The number of sulfonamides is 1. The number of thiazole rings is 1. The molecule has 2 amide bonds. The number of ether oxygens (including phenoxy) is 1. The Morgan fingerprint density at radius 1 is 1.24 bits per heavy atom. The minimum atomic E-state index is -3.26. The van der Waals surface area contributed by atoms with Crippen LogP contribution in [0, 0.1) is 18.2 Å². The van der Waals surface area contributed by atoms with Crippen molar-refractivity contribution >= 4 is 39.2 Å². The lowest BCUT2D eigenvalue weighted by Crippen LogP contribution is -2.77. The number of urea groups is 1. The molecule has 0 spiro atoms. The monoisotopic (exact) mass is 671 g/mol. The zero-order valence-electron chi connectivity index (χ0n) is 26.1. The Kier molecular flexibility index (Phi) is 7.73. The van der Waals surface area contributed by atoms with Crippen molar-refractivity contribution in [2.45, 2.75) is 50.7 Å². The first-order valence-electron chi connectivity index (χ1n) is 15.6. The van der Waals surface area contributed by atoms with Gasteiger partial charge >= 0.3 is 12.0 Å². The molecule has 2 N–H and O–H groups in total. The summed E-state index contributed by atoms with van der Waals surface area (Å²) in [5, 5.41) is 5.89. The molecule has 246 valence electrons. The predicted octanol–water partition coefficient (Wildman–Crippen LogP) is 2.39. The van der Waals surface area contributed by atoms with Gasteiger partial charge in [-0.25, -0.2) is 32.1 Å². The van der Waals surface area contributed by atoms with Gasteiger partial charge in [-0.1, -0.05) is 12.1 Å². The zero-order valence-corrected chi connectivity index (χ0v) is 27.7. The minimum absolute atomic E-state index is 0.0102. The Labute approximate surface area is 271 Å². The van der Waals surface area contributed by atoms with Crippen LogP contribution in [0.25, 0.3) is 0 Å². The maximum atomic E-state index is 14.8. The number of esters is 1. The van der Waals surface area contributed by atoms with E-state index in [1.165, 1.54) is 23.7 Å². The van der Waals surface area contributed by atoms with Crippen LogP contribution >= 0.6 is 11.3 Å². The van der Waals surface area contributed by atoms with E-state index in [-0.39, 0.29) is 35.5 Å². The Morgan fingerprint density at radius 3 is 2.72 bits per heavy atom. The summed E-state index contributed by atoms with van der Waals surface area (Å²) in [6.07, 6.45) is 5.31. The average Bonchev–Trinajstić information content (AvgIpc) is 3.61. The standard InChI is InChI=1S/C31H38FN7O5S2/c1-4-44-28(40)24-23(35-26(27-33-8-11-45-27)36-25(24)21-6-5-7-22(32)19(21)2)14-37-9-10-38-20(12-37)13-39(29(38)41)31-15-30(16-31,17-31)18-34-46(3,42)43/h5-8,11,20,25,34H,4,9-10,12-18H2,1-3H3,(H,35,36)/t20-,25-,30?,31?/m0/s1. The predicted molar refractivity (Wildman–Crippen MR) is 170 cm³/mol. The number of nitrogens with one attached hydrogen (secondary N) is 2. The topological polar surface area (TPSA) is 137 Å². The highest BCUT2D eigenvalue weighted by Gasteiger charge is 2.72. The summed E-state index contributed by atoms with van der Waals surface area (Å²) in [6, 6.07) is 4.06. The second kappa shape index (κ2) is 11.4. The van der Waals surface area contributed by atoms with E-state index in [2.05, 4.69) is 19.9 Å². The van der Waals surface area contributed by atoms with Crippen molar-refractivity contribution in [2.24, 2.45) is 10.4 Å². The van der Waals surface area contributed by atoms with Crippen LogP contribution in [0.3, 0.4) is 0 Å². The third-order valence-corrected chi connectivity index (χ3v) is 11.5. The molecule has 2 aromatic rings. The number of hydrogen-bond acceptors (Lipinski definition) is 10. The lowest BCUT2D eigenvalue weighted by Gasteiger charge is -2.73. The number of hydrogen-bond donors (Lipinski definition) is 2. The molecule has 0 radical (unpaired) electrons. The quantitative estimate of drug-likeness (QED) is 0.368. The highest BCUT2D eigenvalue weighted by atomic mass is 32.2. The van der Waals surface area contributed by atoms with Crippen LogP contribution < -0.4 is 10.0 Å². The van der Waals surface area contributed by atoms with Crippen molar-refractivity contribution in [1.29, 1.82) is 0 Å². The van der Waals surface area contributed by atoms with Gasteiger partial charge in [-0.2, -0.15) is 0 Å². The first-order chi connectivity index (χ1) is 21.9. The van der Waals surface area contributed by atoms with Crippen LogP contribution in [0.2, 0.25) is 0 Å².